The second kappa shape index (κ2) is 5.60. The van der Waals surface area contributed by atoms with E-state index in [1.807, 2.05) is 20.8 Å². The van der Waals surface area contributed by atoms with Crippen LogP contribution in [0.2, 0.25) is 0 Å². The molecule has 1 fully saturated rings. The van der Waals surface area contributed by atoms with E-state index in [1.165, 1.54) is 4.31 Å². The minimum absolute atomic E-state index is 0.180. The SMILES string of the molecule is CCN(CC)S(=O)(=O)N1CC[C@@H](c2ncc(C)[nH]2)C1. The van der Waals surface area contributed by atoms with Crippen molar-refractivity contribution >= 4 is 10.2 Å². The van der Waals surface area contributed by atoms with E-state index in [1.54, 1.807) is 10.5 Å². The first-order valence-corrected chi connectivity index (χ1v) is 8.15. The molecule has 19 heavy (non-hydrogen) atoms. The lowest BCUT2D eigenvalue weighted by atomic mass is 10.1. The summed E-state index contributed by atoms with van der Waals surface area (Å²) in [6.45, 7) is 7.81. The number of aryl methyl sites for hydroxylation is 1. The molecule has 0 unspecified atom stereocenters. The summed E-state index contributed by atoms with van der Waals surface area (Å²) in [7, 11) is -3.31. The molecule has 2 heterocycles. The topological polar surface area (TPSA) is 69.3 Å². The second-order valence-electron chi connectivity index (χ2n) is 4.89. The molecule has 0 aromatic carbocycles. The zero-order chi connectivity index (χ0) is 14.0. The van der Waals surface area contributed by atoms with Gasteiger partial charge >= 0.3 is 0 Å². The smallest absolute Gasteiger partial charge is 0.281 e. The molecule has 0 bridgehead atoms. The maximum absolute atomic E-state index is 12.4. The Labute approximate surface area is 115 Å². The Morgan fingerprint density at radius 2 is 2.16 bits per heavy atom. The van der Waals surface area contributed by atoms with E-state index in [-0.39, 0.29) is 5.92 Å². The van der Waals surface area contributed by atoms with Crippen molar-refractivity contribution < 1.29 is 8.42 Å². The van der Waals surface area contributed by atoms with Crippen LogP contribution in [0.4, 0.5) is 0 Å². The maximum atomic E-state index is 12.4. The number of aromatic amines is 1. The molecule has 1 aromatic rings. The first kappa shape index (κ1) is 14.5. The fourth-order valence-corrected chi connectivity index (χ4v) is 4.20. The molecular formula is C12H22N4O2S. The van der Waals surface area contributed by atoms with E-state index in [2.05, 4.69) is 9.97 Å². The van der Waals surface area contributed by atoms with Crippen molar-refractivity contribution in [3.05, 3.63) is 17.7 Å². The van der Waals surface area contributed by atoms with Crippen molar-refractivity contribution in [2.45, 2.75) is 33.1 Å². The summed E-state index contributed by atoms with van der Waals surface area (Å²) in [5.74, 6) is 1.08. The molecule has 7 heteroatoms. The lowest BCUT2D eigenvalue weighted by Crippen LogP contribution is -2.42. The van der Waals surface area contributed by atoms with Crippen molar-refractivity contribution in [3.8, 4) is 0 Å². The highest BCUT2D eigenvalue weighted by molar-refractivity contribution is 7.86. The summed E-state index contributed by atoms with van der Waals surface area (Å²) in [5.41, 5.74) is 1.01. The molecule has 1 aliphatic heterocycles. The van der Waals surface area contributed by atoms with Crippen LogP contribution in [0, 0.1) is 6.92 Å². The average Bonchev–Trinajstić information content (AvgIpc) is 2.98. The molecule has 2 rings (SSSR count). The van der Waals surface area contributed by atoms with E-state index in [9.17, 15) is 8.42 Å². The Bertz CT molecular complexity index is 522. The largest absolute Gasteiger partial charge is 0.346 e. The van der Waals surface area contributed by atoms with E-state index >= 15 is 0 Å². The highest BCUT2D eigenvalue weighted by atomic mass is 32.2. The van der Waals surface area contributed by atoms with Crippen LogP contribution in [0.5, 0.6) is 0 Å². The number of hydrogen-bond donors (Lipinski definition) is 1. The van der Waals surface area contributed by atoms with Gasteiger partial charge in [0.05, 0.1) is 0 Å². The summed E-state index contributed by atoms with van der Waals surface area (Å²) in [6, 6.07) is 0. The number of nitrogens with one attached hydrogen (secondary N) is 1. The molecule has 1 aliphatic rings. The van der Waals surface area contributed by atoms with Gasteiger partial charge in [0.2, 0.25) is 0 Å². The number of hydrogen-bond acceptors (Lipinski definition) is 3. The van der Waals surface area contributed by atoms with E-state index < -0.39 is 10.2 Å². The second-order valence-corrected chi connectivity index (χ2v) is 6.82. The van der Waals surface area contributed by atoms with Gasteiger partial charge in [-0.05, 0) is 13.3 Å². The van der Waals surface area contributed by atoms with Crippen LogP contribution < -0.4 is 0 Å². The van der Waals surface area contributed by atoms with Gasteiger partial charge in [-0.3, -0.25) is 0 Å². The molecule has 1 saturated heterocycles. The quantitative estimate of drug-likeness (QED) is 0.881. The van der Waals surface area contributed by atoms with E-state index in [4.69, 9.17) is 0 Å². The average molecular weight is 286 g/mol. The maximum Gasteiger partial charge on any atom is 0.281 e. The Hall–Kier alpha value is -0.920. The fourth-order valence-electron chi connectivity index (χ4n) is 2.51. The molecule has 0 saturated carbocycles. The van der Waals surface area contributed by atoms with Gasteiger partial charge in [-0.2, -0.15) is 17.0 Å². The van der Waals surface area contributed by atoms with Crippen LogP contribution in [0.25, 0.3) is 0 Å². The third-order valence-electron chi connectivity index (χ3n) is 3.62. The number of imidazole rings is 1. The van der Waals surface area contributed by atoms with Crippen LogP contribution in [-0.2, 0) is 10.2 Å². The predicted molar refractivity (Wildman–Crippen MR) is 74.1 cm³/mol. The molecule has 1 aromatic heterocycles. The van der Waals surface area contributed by atoms with Crippen LogP contribution in [-0.4, -0.2) is 53.2 Å². The number of rotatable bonds is 5. The number of aromatic nitrogens is 2. The molecule has 108 valence electrons. The summed E-state index contributed by atoms with van der Waals surface area (Å²) >= 11 is 0. The summed E-state index contributed by atoms with van der Waals surface area (Å²) in [6.07, 6.45) is 2.62. The zero-order valence-corrected chi connectivity index (χ0v) is 12.6. The number of H-pyrrole nitrogens is 1. The minimum atomic E-state index is -3.31. The van der Waals surface area contributed by atoms with Crippen molar-refractivity contribution in [2.24, 2.45) is 0 Å². The van der Waals surface area contributed by atoms with Gasteiger partial charge in [-0.25, -0.2) is 4.98 Å². The Morgan fingerprint density at radius 3 is 2.68 bits per heavy atom. The molecule has 0 amide bonds. The monoisotopic (exact) mass is 286 g/mol. The highest BCUT2D eigenvalue weighted by Crippen LogP contribution is 2.27. The van der Waals surface area contributed by atoms with Gasteiger partial charge < -0.3 is 4.98 Å². The third kappa shape index (κ3) is 2.82. The van der Waals surface area contributed by atoms with Gasteiger partial charge in [0.15, 0.2) is 0 Å². The normalized spacial score (nSPS) is 21.4. The Balaban J connectivity index is 2.10. The molecule has 0 spiro atoms. The first-order valence-electron chi connectivity index (χ1n) is 6.75. The van der Waals surface area contributed by atoms with Gasteiger partial charge in [0.25, 0.3) is 10.2 Å². The summed E-state index contributed by atoms with van der Waals surface area (Å²) < 4.78 is 27.9. The molecule has 1 atom stereocenters. The van der Waals surface area contributed by atoms with E-state index in [0.29, 0.717) is 26.2 Å². The summed E-state index contributed by atoms with van der Waals surface area (Å²) in [5, 5.41) is 0. The summed E-state index contributed by atoms with van der Waals surface area (Å²) in [4.78, 5) is 7.51. The third-order valence-corrected chi connectivity index (χ3v) is 5.77. The van der Waals surface area contributed by atoms with Crippen LogP contribution >= 0.6 is 0 Å². The van der Waals surface area contributed by atoms with Crippen LogP contribution in [0.15, 0.2) is 6.20 Å². The lowest BCUT2D eigenvalue weighted by Gasteiger charge is -2.25. The number of nitrogens with zero attached hydrogens (tertiary/aromatic N) is 3. The minimum Gasteiger partial charge on any atom is -0.346 e. The molecule has 0 aliphatic carbocycles. The Morgan fingerprint density at radius 1 is 1.47 bits per heavy atom. The first-order chi connectivity index (χ1) is 8.98. The fraction of sp³-hybridized carbons (Fsp3) is 0.750. The van der Waals surface area contributed by atoms with Crippen LogP contribution in [0.3, 0.4) is 0 Å². The van der Waals surface area contributed by atoms with Crippen molar-refractivity contribution in [3.63, 3.8) is 0 Å². The van der Waals surface area contributed by atoms with Gasteiger partial charge in [0.1, 0.15) is 5.82 Å². The standard InChI is InChI=1S/C12H22N4O2S/c1-4-15(5-2)19(17,18)16-7-6-11(9-16)12-13-8-10(3)14-12/h8,11H,4-7,9H2,1-3H3,(H,13,14)/t11-/m1/s1. The molecule has 0 radical (unpaired) electrons. The molecule has 6 nitrogen and oxygen atoms in total. The zero-order valence-electron chi connectivity index (χ0n) is 11.8. The van der Waals surface area contributed by atoms with Gasteiger partial charge in [-0.15, -0.1) is 0 Å². The van der Waals surface area contributed by atoms with Crippen molar-refractivity contribution in [2.75, 3.05) is 26.2 Å². The van der Waals surface area contributed by atoms with Crippen LogP contribution in [0.1, 0.15) is 37.7 Å². The van der Waals surface area contributed by atoms with Gasteiger partial charge in [0, 0.05) is 44.0 Å². The molecular weight excluding hydrogens is 264 g/mol. The van der Waals surface area contributed by atoms with E-state index in [0.717, 1.165) is 17.9 Å². The Kier molecular flexibility index (Phi) is 4.27. The van der Waals surface area contributed by atoms with Gasteiger partial charge in [-0.1, -0.05) is 13.8 Å². The lowest BCUT2D eigenvalue weighted by molar-refractivity contribution is 0.377. The highest BCUT2D eigenvalue weighted by Gasteiger charge is 2.35. The van der Waals surface area contributed by atoms with Crippen molar-refractivity contribution in [1.82, 2.24) is 18.6 Å². The molecule has 1 N–H and O–H groups in total. The predicted octanol–water partition coefficient (Wildman–Crippen LogP) is 1.09. The van der Waals surface area contributed by atoms with Crippen molar-refractivity contribution in [1.29, 1.82) is 0 Å².